The SMILES string of the molecule is CCC1CCSC(Nc2cc(F)c(F)c(F)c2)=N1. The van der Waals surface area contributed by atoms with Crippen molar-refractivity contribution in [3.63, 3.8) is 0 Å². The van der Waals surface area contributed by atoms with E-state index in [-0.39, 0.29) is 11.7 Å². The third kappa shape index (κ3) is 2.98. The highest BCUT2D eigenvalue weighted by Gasteiger charge is 2.16. The first-order valence-corrected chi connectivity index (χ1v) is 6.71. The number of aliphatic imine (C=N–C) groups is 1. The zero-order valence-corrected chi connectivity index (χ0v) is 10.7. The molecule has 0 saturated heterocycles. The van der Waals surface area contributed by atoms with Gasteiger partial charge in [-0.1, -0.05) is 18.7 Å². The monoisotopic (exact) mass is 274 g/mol. The van der Waals surface area contributed by atoms with Gasteiger partial charge in [-0.15, -0.1) is 0 Å². The minimum atomic E-state index is -1.45. The van der Waals surface area contributed by atoms with Crippen LogP contribution in [-0.2, 0) is 0 Å². The second kappa shape index (κ2) is 5.65. The number of anilines is 1. The average molecular weight is 274 g/mol. The summed E-state index contributed by atoms with van der Waals surface area (Å²) in [6.45, 7) is 2.04. The average Bonchev–Trinajstić information content (AvgIpc) is 2.36. The van der Waals surface area contributed by atoms with Crippen molar-refractivity contribution in [2.75, 3.05) is 11.1 Å². The van der Waals surface area contributed by atoms with Crippen LogP contribution in [0.15, 0.2) is 17.1 Å². The Balaban J connectivity index is 2.16. The minimum Gasteiger partial charge on any atom is -0.335 e. The Morgan fingerprint density at radius 3 is 2.61 bits per heavy atom. The molecule has 0 saturated carbocycles. The molecule has 1 atom stereocenters. The fourth-order valence-electron chi connectivity index (χ4n) is 1.67. The summed E-state index contributed by atoms with van der Waals surface area (Å²) in [6.07, 6.45) is 1.93. The van der Waals surface area contributed by atoms with Crippen molar-refractivity contribution >= 4 is 22.6 Å². The molecule has 6 heteroatoms. The summed E-state index contributed by atoms with van der Waals surface area (Å²) in [4.78, 5) is 4.41. The Hall–Kier alpha value is -1.17. The molecule has 1 aromatic carbocycles. The largest absolute Gasteiger partial charge is 0.335 e. The van der Waals surface area contributed by atoms with Gasteiger partial charge in [0.2, 0.25) is 0 Å². The van der Waals surface area contributed by atoms with Gasteiger partial charge in [0.1, 0.15) is 0 Å². The Morgan fingerprint density at radius 1 is 1.33 bits per heavy atom. The van der Waals surface area contributed by atoms with Crippen LogP contribution in [-0.4, -0.2) is 17.0 Å². The first kappa shape index (κ1) is 13.3. The van der Waals surface area contributed by atoms with E-state index < -0.39 is 17.5 Å². The quantitative estimate of drug-likeness (QED) is 0.830. The van der Waals surface area contributed by atoms with E-state index in [0.717, 1.165) is 30.7 Å². The third-order valence-corrected chi connectivity index (χ3v) is 3.62. The molecular formula is C12H13F3N2S. The van der Waals surface area contributed by atoms with Gasteiger partial charge in [0.25, 0.3) is 0 Å². The Labute approximate surface area is 108 Å². The lowest BCUT2D eigenvalue weighted by atomic mass is 10.2. The highest BCUT2D eigenvalue weighted by atomic mass is 32.2. The maximum Gasteiger partial charge on any atom is 0.194 e. The van der Waals surface area contributed by atoms with Gasteiger partial charge in [0.05, 0.1) is 6.04 Å². The van der Waals surface area contributed by atoms with Gasteiger partial charge in [-0.05, 0) is 12.8 Å². The number of nitrogens with one attached hydrogen (secondary N) is 1. The van der Waals surface area contributed by atoms with E-state index in [9.17, 15) is 13.2 Å². The third-order valence-electron chi connectivity index (χ3n) is 2.70. The molecule has 0 spiro atoms. The van der Waals surface area contributed by atoms with Gasteiger partial charge >= 0.3 is 0 Å². The van der Waals surface area contributed by atoms with E-state index in [1.165, 1.54) is 11.8 Å². The fraction of sp³-hybridized carbons (Fsp3) is 0.417. The molecule has 0 aliphatic carbocycles. The molecule has 1 aromatic rings. The van der Waals surface area contributed by atoms with Crippen LogP contribution in [0, 0.1) is 17.5 Å². The van der Waals surface area contributed by atoms with Crippen molar-refractivity contribution < 1.29 is 13.2 Å². The number of halogens is 3. The van der Waals surface area contributed by atoms with Gasteiger partial charge in [0, 0.05) is 23.6 Å². The van der Waals surface area contributed by atoms with E-state index in [0.29, 0.717) is 5.17 Å². The second-order valence-electron chi connectivity index (χ2n) is 4.01. The van der Waals surface area contributed by atoms with Gasteiger partial charge in [0.15, 0.2) is 22.6 Å². The number of thioether (sulfide) groups is 1. The molecule has 2 nitrogen and oxygen atoms in total. The number of hydrogen-bond donors (Lipinski definition) is 1. The minimum absolute atomic E-state index is 0.175. The summed E-state index contributed by atoms with van der Waals surface area (Å²) in [5.41, 5.74) is 0.175. The summed E-state index contributed by atoms with van der Waals surface area (Å²) >= 11 is 1.49. The zero-order valence-electron chi connectivity index (χ0n) is 9.84. The van der Waals surface area contributed by atoms with Crippen LogP contribution in [0.25, 0.3) is 0 Å². The highest BCUT2D eigenvalue weighted by molar-refractivity contribution is 8.14. The number of nitrogens with zero attached hydrogens (tertiary/aromatic N) is 1. The van der Waals surface area contributed by atoms with Crippen molar-refractivity contribution in [2.45, 2.75) is 25.8 Å². The van der Waals surface area contributed by atoms with Crippen molar-refractivity contribution in [2.24, 2.45) is 4.99 Å². The Bertz CT molecular complexity index is 453. The lowest BCUT2D eigenvalue weighted by Crippen LogP contribution is -2.19. The van der Waals surface area contributed by atoms with E-state index in [2.05, 4.69) is 10.3 Å². The predicted octanol–water partition coefficient (Wildman–Crippen LogP) is 3.79. The second-order valence-corrected chi connectivity index (χ2v) is 5.10. The Kier molecular flexibility index (Phi) is 4.16. The summed E-state index contributed by atoms with van der Waals surface area (Å²) in [5, 5.41) is 3.44. The summed E-state index contributed by atoms with van der Waals surface area (Å²) in [5.74, 6) is -2.95. The van der Waals surface area contributed by atoms with Crippen LogP contribution in [0.1, 0.15) is 19.8 Å². The molecule has 0 bridgehead atoms. The van der Waals surface area contributed by atoms with Crippen LogP contribution in [0.2, 0.25) is 0 Å². The molecule has 0 aromatic heterocycles. The molecule has 0 fully saturated rings. The lowest BCUT2D eigenvalue weighted by Gasteiger charge is -2.19. The van der Waals surface area contributed by atoms with Crippen LogP contribution >= 0.6 is 11.8 Å². The summed E-state index contributed by atoms with van der Waals surface area (Å²) < 4.78 is 38.9. The molecular weight excluding hydrogens is 261 g/mol. The van der Waals surface area contributed by atoms with Crippen LogP contribution in [0.5, 0.6) is 0 Å². The molecule has 1 aliphatic rings. The van der Waals surface area contributed by atoms with E-state index in [1.54, 1.807) is 0 Å². The van der Waals surface area contributed by atoms with Crippen LogP contribution in [0.4, 0.5) is 18.9 Å². The Morgan fingerprint density at radius 2 is 2.00 bits per heavy atom. The molecule has 1 heterocycles. The van der Waals surface area contributed by atoms with Crippen LogP contribution < -0.4 is 5.32 Å². The molecule has 0 amide bonds. The molecule has 1 unspecified atom stereocenters. The van der Waals surface area contributed by atoms with Crippen molar-refractivity contribution in [3.8, 4) is 0 Å². The van der Waals surface area contributed by atoms with E-state index in [4.69, 9.17) is 0 Å². The maximum absolute atomic E-state index is 13.0. The highest BCUT2D eigenvalue weighted by Crippen LogP contribution is 2.23. The van der Waals surface area contributed by atoms with Gasteiger partial charge in [-0.3, -0.25) is 4.99 Å². The summed E-state index contributed by atoms with van der Waals surface area (Å²) in [7, 11) is 0. The van der Waals surface area contributed by atoms with Crippen molar-refractivity contribution in [3.05, 3.63) is 29.6 Å². The molecule has 0 radical (unpaired) electrons. The van der Waals surface area contributed by atoms with Gasteiger partial charge in [-0.2, -0.15) is 0 Å². The topological polar surface area (TPSA) is 24.4 Å². The number of amidine groups is 1. The van der Waals surface area contributed by atoms with Crippen LogP contribution in [0.3, 0.4) is 0 Å². The smallest absolute Gasteiger partial charge is 0.194 e. The predicted molar refractivity (Wildman–Crippen MR) is 68.5 cm³/mol. The molecule has 1 N–H and O–H groups in total. The first-order valence-electron chi connectivity index (χ1n) is 5.72. The van der Waals surface area contributed by atoms with Gasteiger partial charge in [-0.25, -0.2) is 13.2 Å². The molecule has 1 aliphatic heterocycles. The maximum atomic E-state index is 13.0. The number of hydrogen-bond acceptors (Lipinski definition) is 3. The van der Waals surface area contributed by atoms with E-state index >= 15 is 0 Å². The summed E-state index contributed by atoms with van der Waals surface area (Å²) in [6, 6.07) is 2.09. The number of benzene rings is 1. The van der Waals surface area contributed by atoms with Gasteiger partial charge < -0.3 is 5.32 Å². The van der Waals surface area contributed by atoms with E-state index in [1.807, 2.05) is 6.92 Å². The fourth-order valence-corrected chi connectivity index (χ4v) is 2.67. The standard InChI is InChI=1S/C12H13F3N2S/c1-2-7-3-4-18-12(16-7)17-8-5-9(13)11(15)10(14)6-8/h5-7H,2-4H2,1H3,(H,16,17). The van der Waals surface area contributed by atoms with Crippen molar-refractivity contribution in [1.82, 2.24) is 0 Å². The van der Waals surface area contributed by atoms with Crippen molar-refractivity contribution in [1.29, 1.82) is 0 Å². The molecule has 18 heavy (non-hydrogen) atoms. The lowest BCUT2D eigenvalue weighted by molar-refractivity contribution is 0.448. The first-order chi connectivity index (χ1) is 8.60. The number of rotatable bonds is 2. The zero-order chi connectivity index (χ0) is 13.1. The molecule has 98 valence electrons. The normalized spacial score (nSPS) is 19.6. The molecule has 2 rings (SSSR count).